The lowest BCUT2D eigenvalue weighted by Crippen LogP contribution is -1.95. The van der Waals surface area contributed by atoms with Crippen LogP contribution in [0.2, 0.25) is 0 Å². The van der Waals surface area contributed by atoms with E-state index in [0.29, 0.717) is 31.5 Å². The topological polar surface area (TPSA) is 74.2 Å². The maximum absolute atomic E-state index is 5.54. The summed E-state index contributed by atoms with van der Waals surface area (Å²) in [4.78, 5) is 4.27. The number of nitrogens with two attached hydrogens (primary N) is 1. The van der Waals surface area contributed by atoms with E-state index in [9.17, 15) is 0 Å². The summed E-state index contributed by atoms with van der Waals surface area (Å²) in [5.41, 5.74) is 7.54. The van der Waals surface area contributed by atoms with Crippen LogP contribution in [0.15, 0.2) is 28.8 Å². The Balaban J connectivity index is 0.00000180. The molecule has 0 unspecified atom stereocenters. The fourth-order valence-corrected chi connectivity index (χ4v) is 1.52. The number of halogens is 1. The van der Waals surface area contributed by atoms with Crippen molar-refractivity contribution in [3.63, 3.8) is 0 Å². The van der Waals surface area contributed by atoms with Gasteiger partial charge in [-0.25, -0.2) is 0 Å². The third-order valence-corrected chi connectivity index (χ3v) is 2.49. The van der Waals surface area contributed by atoms with Gasteiger partial charge in [-0.2, -0.15) is 4.98 Å². The number of benzene rings is 1. The molecule has 0 spiro atoms. The summed E-state index contributed by atoms with van der Waals surface area (Å²) in [6, 6.07) is 7.78. The van der Waals surface area contributed by atoms with Crippen LogP contribution in [-0.4, -0.2) is 16.7 Å². The second-order valence-electron chi connectivity index (χ2n) is 3.97. The molecule has 1 aromatic carbocycles. The van der Waals surface area contributed by atoms with Gasteiger partial charge in [-0.05, 0) is 12.0 Å². The van der Waals surface area contributed by atoms with Crippen LogP contribution in [0.3, 0.4) is 0 Å². The largest absolute Gasteiger partial charge is 0.372 e. The summed E-state index contributed by atoms with van der Waals surface area (Å²) in [6.45, 7) is 3.64. The second kappa shape index (κ2) is 7.89. The molecule has 0 radical (unpaired) electrons. The Labute approximate surface area is 118 Å². The molecule has 0 atom stereocenters. The summed E-state index contributed by atoms with van der Waals surface area (Å²) < 4.78 is 10.5. The van der Waals surface area contributed by atoms with E-state index < -0.39 is 0 Å². The predicted octanol–water partition coefficient (Wildman–Crippen LogP) is 2.54. The van der Waals surface area contributed by atoms with E-state index in [4.69, 9.17) is 15.0 Å². The lowest BCUT2D eigenvalue weighted by atomic mass is 10.1. The summed E-state index contributed by atoms with van der Waals surface area (Å²) in [5, 5.41) is 3.92. The van der Waals surface area contributed by atoms with Crippen LogP contribution in [-0.2, 0) is 17.9 Å². The minimum Gasteiger partial charge on any atom is -0.372 e. The van der Waals surface area contributed by atoms with E-state index in [1.54, 1.807) is 0 Å². The summed E-state index contributed by atoms with van der Waals surface area (Å²) in [7, 11) is 0. The predicted molar refractivity (Wildman–Crippen MR) is 74.8 cm³/mol. The Morgan fingerprint density at radius 1 is 1.26 bits per heavy atom. The summed E-state index contributed by atoms with van der Waals surface area (Å²) >= 11 is 0. The lowest BCUT2D eigenvalue weighted by Gasteiger charge is -1.97. The zero-order valence-electron chi connectivity index (χ0n) is 10.8. The van der Waals surface area contributed by atoms with Gasteiger partial charge >= 0.3 is 0 Å². The van der Waals surface area contributed by atoms with Gasteiger partial charge in [0.25, 0.3) is 5.89 Å². The van der Waals surface area contributed by atoms with E-state index >= 15 is 0 Å². The highest BCUT2D eigenvalue weighted by Gasteiger charge is 2.08. The molecule has 0 aliphatic heterocycles. The molecule has 1 heterocycles. The summed E-state index contributed by atoms with van der Waals surface area (Å²) in [5.74, 6) is 1.08. The van der Waals surface area contributed by atoms with Gasteiger partial charge in [0.2, 0.25) is 5.82 Å². The van der Waals surface area contributed by atoms with Gasteiger partial charge < -0.3 is 15.0 Å². The van der Waals surface area contributed by atoms with Crippen LogP contribution in [0.5, 0.6) is 0 Å². The molecule has 0 bridgehead atoms. The number of hydrogen-bond acceptors (Lipinski definition) is 5. The van der Waals surface area contributed by atoms with Crippen LogP contribution < -0.4 is 5.73 Å². The highest BCUT2D eigenvalue weighted by atomic mass is 35.5. The van der Waals surface area contributed by atoms with Crippen molar-refractivity contribution in [2.24, 2.45) is 5.73 Å². The van der Waals surface area contributed by atoms with Crippen LogP contribution in [0.4, 0.5) is 0 Å². The molecule has 0 aliphatic carbocycles. The molecule has 0 amide bonds. The molecule has 104 valence electrons. The van der Waals surface area contributed by atoms with Crippen molar-refractivity contribution in [1.82, 2.24) is 10.1 Å². The molecular weight excluding hydrogens is 266 g/mol. The van der Waals surface area contributed by atoms with Gasteiger partial charge in [-0.3, -0.25) is 0 Å². The van der Waals surface area contributed by atoms with Gasteiger partial charge in [-0.15, -0.1) is 12.4 Å². The molecule has 0 aliphatic rings. The molecule has 6 heteroatoms. The number of aromatic nitrogens is 2. The van der Waals surface area contributed by atoms with Gasteiger partial charge in [-0.1, -0.05) is 36.3 Å². The number of ether oxygens (including phenoxy) is 1. The Bertz CT molecular complexity index is 485. The van der Waals surface area contributed by atoms with Crippen LogP contribution in [0.1, 0.15) is 24.8 Å². The van der Waals surface area contributed by atoms with Crippen molar-refractivity contribution in [2.45, 2.75) is 26.5 Å². The smallest absolute Gasteiger partial charge is 0.252 e. The molecule has 2 N–H and O–H groups in total. The average molecular weight is 284 g/mol. The molecule has 0 fully saturated rings. The SMILES string of the molecule is CCCOCc1nc(-c2ccc(CN)cc2)no1.Cl. The zero-order valence-corrected chi connectivity index (χ0v) is 11.7. The van der Waals surface area contributed by atoms with Crippen molar-refractivity contribution in [2.75, 3.05) is 6.61 Å². The summed E-state index contributed by atoms with van der Waals surface area (Å²) in [6.07, 6.45) is 0.974. The Morgan fingerprint density at radius 3 is 2.63 bits per heavy atom. The fourth-order valence-electron chi connectivity index (χ4n) is 1.52. The molecule has 2 aromatic rings. The zero-order chi connectivity index (χ0) is 12.8. The quantitative estimate of drug-likeness (QED) is 0.825. The Hall–Kier alpha value is -1.43. The molecule has 5 nitrogen and oxygen atoms in total. The number of hydrogen-bond donors (Lipinski definition) is 1. The first-order chi connectivity index (χ1) is 8.83. The van der Waals surface area contributed by atoms with E-state index in [-0.39, 0.29) is 12.4 Å². The van der Waals surface area contributed by atoms with Gasteiger partial charge in [0.05, 0.1) is 0 Å². The molecule has 19 heavy (non-hydrogen) atoms. The van der Waals surface area contributed by atoms with Crippen LogP contribution >= 0.6 is 12.4 Å². The monoisotopic (exact) mass is 283 g/mol. The third kappa shape index (κ3) is 4.31. The van der Waals surface area contributed by atoms with Crippen LogP contribution in [0, 0.1) is 0 Å². The highest BCUT2D eigenvalue weighted by molar-refractivity contribution is 5.85. The van der Waals surface area contributed by atoms with Gasteiger partial charge in [0.1, 0.15) is 6.61 Å². The third-order valence-electron chi connectivity index (χ3n) is 2.49. The molecule has 1 aromatic heterocycles. The highest BCUT2D eigenvalue weighted by Crippen LogP contribution is 2.16. The normalized spacial score (nSPS) is 10.2. The first kappa shape index (κ1) is 15.6. The molecule has 2 rings (SSSR count). The van der Waals surface area contributed by atoms with Crippen molar-refractivity contribution in [3.05, 3.63) is 35.7 Å². The second-order valence-corrected chi connectivity index (χ2v) is 3.97. The van der Waals surface area contributed by atoms with Gasteiger partial charge in [0, 0.05) is 18.7 Å². The van der Waals surface area contributed by atoms with Crippen molar-refractivity contribution >= 4 is 12.4 Å². The molecular formula is C13H18ClN3O2. The van der Waals surface area contributed by atoms with Crippen LogP contribution in [0.25, 0.3) is 11.4 Å². The van der Waals surface area contributed by atoms with E-state index in [1.165, 1.54) is 0 Å². The standard InChI is InChI=1S/C13H17N3O2.ClH/c1-2-7-17-9-12-15-13(16-18-12)11-5-3-10(8-14)4-6-11;/h3-6H,2,7-9,14H2,1H3;1H. The first-order valence-corrected chi connectivity index (χ1v) is 6.03. The van der Waals surface area contributed by atoms with Crippen molar-refractivity contribution < 1.29 is 9.26 Å². The number of rotatable bonds is 6. The van der Waals surface area contributed by atoms with Crippen molar-refractivity contribution in [3.8, 4) is 11.4 Å². The van der Waals surface area contributed by atoms with E-state index in [1.807, 2.05) is 24.3 Å². The maximum Gasteiger partial charge on any atom is 0.252 e. The van der Waals surface area contributed by atoms with E-state index in [2.05, 4.69) is 17.1 Å². The Kier molecular flexibility index (Phi) is 6.49. The van der Waals surface area contributed by atoms with Crippen molar-refractivity contribution in [1.29, 1.82) is 0 Å². The fraction of sp³-hybridized carbons (Fsp3) is 0.385. The molecule has 0 saturated heterocycles. The average Bonchev–Trinajstić information content (AvgIpc) is 2.88. The Morgan fingerprint density at radius 2 is 2.00 bits per heavy atom. The lowest BCUT2D eigenvalue weighted by molar-refractivity contribution is 0.0982. The maximum atomic E-state index is 5.54. The van der Waals surface area contributed by atoms with E-state index in [0.717, 1.165) is 17.5 Å². The first-order valence-electron chi connectivity index (χ1n) is 6.03. The molecule has 0 saturated carbocycles. The minimum absolute atomic E-state index is 0. The number of nitrogens with zero attached hydrogens (tertiary/aromatic N) is 2. The van der Waals surface area contributed by atoms with Gasteiger partial charge in [0.15, 0.2) is 0 Å². The minimum atomic E-state index is 0.